The minimum atomic E-state index is -1.04. The molecule has 1 unspecified atom stereocenters. The van der Waals surface area contributed by atoms with Crippen LogP contribution in [-0.4, -0.2) is 55.3 Å². The molecule has 2 aromatic carbocycles. The molecule has 0 aliphatic rings. The van der Waals surface area contributed by atoms with Crippen molar-refractivity contribution in [1.29, 1.82) is 0 Å². The van der Waals surface area contributed by atoms with E-state index in [0.29, 0.717) is 12.2 Å². The monoisotopic (exact) mass is 607 g/mol. The number of para-hydroxylation sites is 2. The van der Waals surface area contributed by atoms with Crippen LogP contribution in [0.15, 0.2) is 59.4 Å². The van der Waals surface area contributed by atoms with E-state index in [-0.39, 0.29) is 25.3 Å². The molecular formula is C30H37N7O7. The summed E-state index contributed by atoms with van der Waals surface area (Å²) in [5, 5.41) is 11.9. The van der Waals surface area contributed by atoms with Crippen molar-refractivity contribution in [3.63, 3.8) is 0 Å². The maximum absolute atomic E-state index is 13.1. The van der Waals surface area contributed by atoms with Crippen LogP contribution in [0.5, 0.6) is 5.88 Å². The predicted molar refractivity (Wildman–Crippen MR) is 161 cm³/mol. The Labute approximate surface area is 253 Å². The number of nitrogens with two attached hydrogens (primary N) is 1. The molecule has 4 aromatic rings. The molecule has 0 saturated carbocycles. The average Bonchev–Trinajstić information content (AvgIpc) is 3.49. The molecule has 0 bridgehead atoms. The Kier molecular flexibility index (Phi) is 9.73. The second kappa shape index (κ2) is 13.5. The highest BCUT2D eigenvalue weighted by Crippen LogP contribution is 2.28. The van der Waals surface area contributed by atoms with Crippen molar-refractivity contribution in [2.45, 2.75) is 53.2 Å². The number of ether oxygens (including phenoxy) is 1. The third kappa shape index (κ3) is 7.83. The summed E-state index contributed by atoms with van der Waals surface area (Å²) in [4.78, 5) is 66.2. The fourth-order valence-electron chi connectivity index (χ4n) is 4.65. The Morgan fingerprint density at radius 1 is 1.07 bits per heavy atom. The second-order valence-electron chi connectivity index (χ2n) is 11.5. The lowest BCUT2D eigenvalue weighted by Gasteiger charge is -2.33. The van der Waals surface area contributed by atoms with Crippen molar-refractivity contribution >= 4 is 29.0 Å². The maximum atomic E-state index is 13.1. The van der Waals surface area contributed by atoms with Crippen LogP contribution in [0.25, 0.3) is 11.0 Å². The molecule has 44 heavy (non-hydrogen) atoms. The third-order valence-electron chi connectivity index (χ3n) is 7.02. The zero-order valence-electron chi connectivity index (χ0n) is 25.0. The summed E-state index contributed by atoms with van der Waals surface area (Å²) < 4.78 is 5.82. The van der Waals surface area contributed by atoms with Gasteiger partial charge >= 0.3 is 17.8 Å². The van der Waals surface area contributed by atoms with Crippen molar-refractivity contribution in [2.75, 3.05) is 11.6 Å². The molecular weight excluding hydrogens is 570 g/mol. The van der Waals surface area contributed by atoms with Crippen molar-refractivity contribution in [1.82, 2.24) is 25.1 Å². The van der Waals surface area contributed by atoms with E-state index in [0.717, 1.165) is 26.3 Å². The SMILES string of the molecule is CC(=O)N(CC(C(=O)ONC(=O)OCc1ccccc1)C(C)(C)C)n1c(O)c(C[C@H](N)Cc2nc3ccccc3[nH]2)[nH]c1=O. The highest BCUT2D eigenvalue weighted by molar-refractivity contribution is 5.85. The number of hydroxylamine groups is 1. The van der Waals surface area contributed by atoms with Crippen LogP contribution in [0.3, 0.4) is 0 Å². The number of amides is 2. The number of hydrogen-bond acceptors (Lipinski definition) is 9. The van der Waals surface area contributed by atoms with Crippen LogP contribution < -0.4 is 21.9 Å². The Hall–Kier alpha value is -5.11. The highest BCUT2D eigenvalue weighted by atomic mass is 16.7. The molecule has 0 saturated heterocycles. The topological polar surface area (TPSA) is 198 Å². The van der Waals surface area contributed by atoms with Gasteiger partial charge in [0.25, 0.3) is 0 Å². The van der Waals surface area contributed by atoms with Crippen LogP contribution in [0.2, 0.25) is 0 Å². The first-order valence-electron chi connectivity index (χ1n) is 14.0. The molecule has 2 aromatic heterocycles. The minimum absolute atomic E-state index is 0.0367. The average molecular weight is 608 g/mol. The third-order valence-corrected chi connectivity index (χ3v) is 7.02. The van der Waals surface area contributed by atoms with Crippen molar-refractivity contribution < 1.29 is 29.1 Å². The Morgan fingerprint density at radius 2 is 1.75 bits per heavy atom. The molecule has 0 spiro atoms. The fraction of sp³-hybridized carbons (Fsp3) is 0.367. The van der Waals surface area contributed by atoms with Gasteiger partial charge in [-0.25, -0.2) is 24.4 Å². The molecule has 2 amide bonds. The first kappa shape index (κ1) is 31.8. The number of aromatic hydroxyl groups is 1. The molecule has 14 heteroatoms. The van der Waals surface area contributed by atoms with E-state index in [9.17, 15) is 24.3 Å². The quantitative estimate of drug-likeness (QED) is 0.168. The van der Waals surface area contributed by atoms with Crippen LogP contribution in [0.4, 0.5) is 4.79 Å². The van der Waals surface area contributed by atoms with Crippen LogP contribution in [0.1, 0.15) is 44.8 Å². The number of carbonyl (C=O) groups excluding carboxylic acids is 3. The molecule has 0 aliphatic heterocycles. The number of H-pyrrole nitrogens is 2. The van der Waals surface area contributed by atoms with Crippen LogP contribution >= 0.6 is 0 Å². The number of hydrogen-bond donors (Lipinski definition) is 5. The first-order valence-corrected chi connectivity index (χ1v) is 14.0. The van der Waals surface area contributed by atoms with Crippen LogP contribution in [0, 0.1) is 11.3 Å². The lowest BCUT2D eigenvalue weighted by Crippen LogP contribution is -2.51. The van der Waals surface area contributed by atoms with E-state index in [1.54, 1.807) is 45.0 Å². The number of benzene rings is 2. The highest BCUT2D eigenvalue weighted by Gasteiger charge is 2.37. The zero-order chi connectivity index (χ0) is 32.0. The maximum Gasteiger partial charge on any atom is 0.441 e. The van der Waals surface area contributed by atoms with Gasteiger partial charge in [-0.1, -0.05) is 63.2 Å². The van der Waals surface area contributed by atoms with E-state index >= 15 is 0 Å². The number of aromatic nitrogens is 4. The number of aromatic amines is 2. The van der Waals surface area contributed by atoms with Gasteiger partial charge in [-0.05, 0) is 23.1 Å². The van der Waals surface area contributed by atoms with E-state index in [1.165, 1.54) is 6.92 Å². The van der Waals surface area contributed by atoms with E-state index < -0.39 is 46.9 Å². The van der Waals surface area contributed by atoms with Crippen molar-refractivity contribution in [3.8, 4) is 5.88 Å². The van der Waals surface area contributed by atoms with E-state index in [1.807, 2.05) is 35.8 Å². The summed E-state index contributed by atoms with van der Waals surface area (Å²) in [6, 6.07) is 15.9. The Morgan fingerprint density at radius 3 is 2.41 bits per heavy atom. The first-order chi connectivity index (χ1) is 20.8. The summed E-state index contributed by atoms with van der Waals surface area (Å²) in [7, 11) is 0. The van der Waals surface area contributed by atoms with Gasteiger partial charge in [-0.3, -0.25) is 4.79 Å². The van der Waals surface area contributed by atoms with Crippen LogP contribution in [-0.2, 0) is 38.6 Å². The number of nitrogens with zero attached hydrogens (tertiary/aromatic N) is 3. The molecule has 0 aliphatic carbocycles. The number of imidazole rings is 2. The number of carbonyl (C=O) groups is 3. The fourth-order valence-corrected chi connectivity index (χ4v) is 4.65. The summed E-state index contributed by atoms with van der Waals surface area (Å²) in [6.07, 6.45) is -0.589. The van der Waals surface area contributed by atoms with Crippen molar-refractivity contribution in [2.24, 2.45) is 17.1 Å². The largest absolute Gasteiger partial charge is 0.492 e. The smallest absolute Gasteiger partial charge is 0.441 e. The summed E-state index contributed by atoms with van der Waals surface area (Å²) >= 11 is 0. The number of rotatable bonds is 10. The Balaban J connectivity index is 1.44. The van der Waals surface area contributed by atoms with Gasteiger partial charge < -0.3 is 30.4 Å². The molecule has 6 N–H and O–H groups in total. The van der Waals surface area contributed by atoms with Crippen molar-refractivity contribution in [3.05, 3.63) is 82.2 Å². The van der Waals surface area contributed by atoms with Gasteiger partial charge in [0.1, 0.15) is 12.4 Å². The van der Waals surface area contributed by atoms with E-state index in [2.05, 4.69) is 15.0 Å². The van der Waals surface area contributed by atoms with Gasteiger partial charge in [0, 0.05) is 25.8 Å². The van der Waals surface area contributed by atoms with Gasteiger partial charge in [-0.2, -0.15) is 4.68 Å². The molecule has 4 rings (SSSR count). The lowest BCUT2D eigenvalue weighted by molar-refractivity contribution is -0.158. The summed E-state index contributed by atoms with van der Waals surface area (Å²) in [5.74, 6) is -2.42. The molecule has 2 heterocycles. The lowest BCUT2D eigenvalue weighted by atomic mass is 9.80. The molecule has 14 nitrogen and oxygen atoms in total. The summed E-state index contributed by atoms with van der Waals surface area (Å²) in [6.45, 7) is 5.99. The molecule has 234 valence electrons. The second-order valence-corrected chi connectivity index (χ2v) is 11.5. The zero-order valence-corrected chi connectivity index (χ0v) is 25.0. The van der Waals surface area contributed by atoms with Gasteiger partial charge in [-0.15, -0.1) is 5.48 Å². The predicted octanol–water partition coefficient (Wildman–Crippen LogP) is 2.40. The van der Waals surface area contributed by atoms with Gasteiger partial charge in [0.05, 0.1) is 29.2 Å². The number of nitrogens with one attached hydrogen (secondary N) is 3. The molecule has 0 radical (unpaired) electrons. The van der Waals surface area contributed by atoms with E-state index in [4.69, 9.17) is 15.3 Å². The molecule has 0 fully saturated rings. The van der Waals surface area contributed by atoms with Gasteiger partial charge in [0.15, 0.2) is 0 Å². The normalized spacial score (nSPS) is 12.8. The van der Waals surface area contributed by atoms with Gasteiger partial charge in [0.2, 0.25) is 11.8 Å². The molecule has 2 atom stereocenters. The number of fused-ring (bicyclic) bond motifs is 1. The standard InChI is InChI=1S/C30H37N7O7/c1-18(38)36(16-21(30(2,3)4)27(40)44-35-29(42)43-17-19-10-6-5-7-11-19)37-26(39)24(34-28(37)41)14-20(31)15-25-32-22-12-8-9-13-23(22)33-25/h5-13,20-21,39H,14-17,31H2,1-4H3,(H,32,33)(H,34,41)(H,35,42)/t20-,21?/m0/s1. The minimum Gasteiger partial charge on any atom is -0.492 e. The summed E-state index contributed by atoms with van der Waals surface area (Å²) in [5.41, 5.74) is 9.20. The Bertz CT molecular complexity index is 1640.